The third-order valence-corrected chi connectivity index (χ3v) is 4.07. The predicted molar refractivity (Wildman–Crippen MR) is 73.6 cm³/mol. The zero-order valence-corrected chi connectivity index (χ0v) is 12.0. The monoisotopic (exact) mass is 270 g/mol. The topological polar surface area (TPSA) is 83.6 Å². The van der Waals surface area contributed by atoms with E-state index in [0.29, 0.717) is 37.8 Å². The zero-order valence-electron chi connectivity index (χ0n) is 12.0. The second-order valence-corrected chi connectivity index (χ2v) is 5.70. The summed E-state index contributed by atoms with van der Waals surface area (Å²) >= 11 is 0. The average molecular weight is 270 g/mol. The van der Waals surface area contributed by atoms with E-state index in [1.807, 2.05) is 0 Å². The van der Waals surface area contributed by atoms with Gasteiger partial charge in [0.05, 0.1) is 0 Å². The van der Waals surface area contributed by atoms with Crippen LogP contribution in [0.15, 0.2) is 0 Å². The molecule has 0 radical (unpaired) electrons. The number of hydrogen-bond acceptors (Lipinski definition) is 3. The number of carboxylic acids is 1. The summed E-state index contributed by atoms with van der Waals surface area (Å²) in [5, 5.41) is 9.07. The summed E-state index contributed by atoms with van der Waals surface area (Å²) in [5.41, 5.74) is 5.58. The van der Waals surface area contributed by atoms with Crippen molar-refractivity contribution in [2.24, 2.45) is 17.6 Å². The van der Waals surface area contributed by atoms with Crippen LogP contribution in [0, 0.1) is 11.8 Å². The minimum atomic E-state index is -0.881. The summed E-state index contributed by atoms with van der Waals surface area (Å²) in [5.74, 6) is 0.0471. The molecule has 1 rings (SSSR count). The maximum Gasteiger partial charge on any atom is 0.326 e. The first-order valence-electron chi connectivity index (χ1n) is 7.19. The van der Waals surface area contributed by atoms with Crippen molar-refractivity contribution in [1.82, 2.24) is 4.90 Å². The maximum absolute atomic E-state index is 12.1. The van der Waals surface area contributed by atoms with Crippen LogP contribution in [0.1, 0.15) is 46.0 Å². The van der Waals surface area contributed by atoms with Crippen LogP contribution in [0.4, 0.5) is 0 Å². The quantitative estimate of drug-likeness (QED) is 0.733. The Hall–Kier alpha value is -1.10. The summed E-state index contributed by atoms with van der Waals surface area (Å²) in [6.45, 7) is 5.50. The first-order valence-corrected chi connectivity index (χ1v) is 7.19. The fourth-order valence-corrected chi connectivity index (χ4v) is 2.80. The third kappa shape index (κ3) is 4.49. The first kappa shape index (κ1) is 16.0. The van der Waals surface area contributed by atoms with Gasteiger partial charge in [-0.3, -0.25) is 4.79 Å². The van der Waals surface area contributed by atoms with Crippen molar-refractivity contribution in [3.8, 4) is 0 Å². The molecule has 110 valence electrons. The van der Waals surface area contributed by atoms with Crippen molar-refractivity contribution in [2.45, 2.75) is 52.0 Å². The van der Waals surface area contributed by atoms with Crippen LogP contribution >= 0.6 is 0 Å². The molecule has 3 N–H and O–H groups in total. The van der Waals surface area contributed by atoms with E-state index in [9.17, 15) is 9.59 Å². The molecule has 0 aromatic heterocycles. The molecule has 0 saturated carbocycles. The molecule has 2 unspecified atom stereocenters. The second-order valence-electron chi connectivity index (χ2n) is 5.70. The average Bonchev–Trinajstić information content (AvgIpc) is 2.82. The number of aliphatic carboxylic acids is 1. The molecule has 0 bridgehead atoms. The lowest BCUT2D eigenvalue weighted by molar-refractivity contribution is -0.148. The van der Waals surface area contributed by atoms with Gasteiger partial charge in [0.25, 0.3) is 0 Å². The van der Waals surface area contributed by atoms with E-state index in [1.165, 1.54) is 4.90 Å². The Bertz CT molecular complexity index is 318. The molecule has 1 saturated heterocycles. The van der Waals surface area contributed by atoms with Crippen molar-refractivity contribution < 1.29 is 14.7 Å². The molecule has 1 fully saturated rings. The van der Waals surface area contributed by atoms with Crippen LogP contribution in [0.2, 0.25) is 0 Å². The molecule has 0 spiro atoms. The number of hydrogen-bond donors (Lipinski definition) is 2. The van der Waals surface area contributed by atoms with Crippen molar-refractivity contribution in [3.05, 3.63) is 0 Å². The summed E-state index contributed by atoms with van der Waals surface area (Å²) < 4.78 is 0. The molecule has 1 amide bonds. The Balaban J connectivity index is 2.48. The highest BCUT2D eigenvalue weighted by Gasteiger charge is 2.33. The summed E-state index contributed by atoms with van der Waals surface area (Å²) in [6, 6.07) is -0.612. The largest absolute Gasteiger partial charge is 0.480 e. The Labute approximate surface area is 115 Å². The van der Waals surface area contributed by atoms with Crippen molar-refractivity contribution in [3.63, 3.8) is 0 Å². The minimum absolute atomic E-state index is 0.0208. The van der Waals surface area contributed by atoms with E-state index >= 15 is 0 Å². The molecule has 1 heterocycles. The van der Waals surface area contributed by atoms with Gasteiger partial charge in [0.15, 0.2) is 0 Å². The lowest BCUT2D eigenvalue weighted by Crippen LogP contribution is -2.40. The van der Waals surface area contributed by atoms with E-state index in [4.69, 9.17) is 10.8 Å². The van der Waals surface area contributed by atoms with Crippen LogP contribution in [-0.2, 0) is 9.59 Å². The zero-order chi connectivity index (χ0) is 14.4. The normalized spacial score (nSPS) is 20.8. The van der Waals surface area contributed by atoms with Crippen molar-refractivity contribution >= 4 is 11.9 Å². The Morgan fingerprint density at radius 2 is 2.05 bits per heavy atom. The Kier molecular flexibility index (Phi) is 6.28. The number of likely N-dealkylation sites (tertiary alicyclic amines) is 1. The molecular formula is C14H26N2O3. The number of carboxylic acid groups (broad SMARTS) is 1. The van der Waals surface area contributed by atoms with Gasteiger partial charge in [0.1, 0.15) is 6.04 Å². The third-order valence-electron chi connectivity index (χ3n) is 4.07. The molecule has 1 aliphatic heterocycles. The Morgan fingerprint density at radius 1 is 1.37 bits per heavy atom. The number of carbonyl (C=O) groups excluding carboxylic acids is 1. The second kappa shape index (κ2) is 7.48. The van der Waals surface area contributed by atoms with Gasteiger partial charge >= 0.3 is 5.97 Å². The number of amides is 1. The van der Waals surface area contributed by atoms with Gasteiger partial charge in [0, 0.05) is 13.0 Å². The minimum Gasteiger partial charge on any atom is -0.480 e. The molecule has 5 heteroatoms. The van der Waals surface area contributed by atoms with Crippen molar-refractivity contribution in [2.75, 3.05) is 13.1 Å². The highest BCUT2D eigenvalue weighted by molar-refractivity contribution is 5.84. The van der Waals surface area contributed by atoms with Gasteiger partial charge in [-0.2, -0.15) is 0 Å². The lowest BCUT2D eigenvalue weighted by atomic mass is 9.88. The highest BCUT2D eigenvalue weighted by atomic mass is 16.4. The van der Waals surface area contributed by atoms with Crippen LogP contribution in [-0.4, -0.2) is 41.0 Å². The van der Waals surface area contributed by atoms with Gasteiger partial charge in [-0.25, -0.2) is 4.79 Å². The predicted octanol–water partition coefficient (Wildman–Crippen LogP) is 1.46. The van der Waals surface area contributed by atoms with Crippen LogP contribution in [0.3, 0.4) is 0 Å². The summed E-state index contributed by atoms with van der Waals surface area (Å²) in [7, 11) is 0. The Morgan fingerprint density at radius 3 is 2.58 bits per heavy atom. The van der Waals surface area contributed by atoms with Gasteiger partial charge in [-0.05, 0) is 44.1 Å². The van der Waals surface area contributed by atoms with Crippen LogP contribution in [0.5, 0.6) is 0 Å². The maximum atomic E-state index is 12.1. The molecule has 19 heavy (non-hydrogen) atoms. The first-order chi connectivity index (χ1) is 8.97. The number of nitrogens with two attached hydrogens (primary N) is 1. The number of carbonyl (C=O) groups is 2. The lowest BCUT2D eigenvalue weighted by Gasteiger charge is -2.24. The van der Waals surface area contributed by atoms with E-state index in [-0.39, 0.29) is 5.91 Å². The molecular weight excluding hydrogens is 244 g/mol. The number of nitrogens with zero attached hydrogens (tertiary/aromatic N) is 1. The highest BCUT2D eigenvalue weighted by Crippen LogP contribution is 2.23. The van der Waals surface area contributed by atoms with E-state index in [1.54, 1.807) is 0 Å². The van der Waals surface area contributed by atoms with E-state index in [0.717, 1.165) is 19.3 Å². The fourth-order valence-electron chi connectivity index (χ4n) is 2.80. The van der Waals surface area contributed by atoms with Gasteiger partial charge in [-0.1, -0.05) is 13.8 Å². The van der Waals surface area contributed by atoms with E-state index in [2.05, 4.69) is 13.8 Å². The van der Waals surface area contributed by atoms with Crippen molar-refractivity contribution in [1.29, 1.82) is 0 Å². The molecule has 2 atom stereocenters. The summed E-state index contributed by atoms with van der Waals surface area (Å²) in [6.07, 6.45) is 3.53. The standard InChI is InChI=1S/C14H26N2O3/c1-10(2)11(7-8-15)5-6-13(17)16-9-3-4-12(16)14(18)19/h10-12H,3-9,15H2,1-2H3,(H,18,19). The SMILES string of the molecule is CC(C)C(CCN)CCC(=O)N1CCCC1C(=O)O. The smallest absolute Gasteiger partial charge is 0.326 e. The molecule has 0 aromatic rings. The van der Waals surface area contributed by atoms with Gasteiger partial charge < -0.3 is 15.7 Å². The van der Waals surface area contributed by atoms with Crippen LogP contribution in [0.25, 0.3) is 0 Å². The molecule has 0 aromatic carbocycles. The summed E-state index contributed by atoms with van der Waals surface area (Å²) in [4.78, 5) is 24.7. The van der Waals surface area contributed by atoms with Crippen LogP contribution < -0.4 is 5.73 Å². The van der Waals surface area contributed by atoms with Gasteiger partial charge in [-0.15, -0.1) is 0 Å². The molecule has 1 aliphatic rings. The molecule has 0 aliphatic carbocycles. The van der Waals surface area contributed by atoms with Gasteiger partial charge in [0.2, 0.25) is 5.91 Å². The number of rotatable bonds is 7. The molecule has 5 nitrogen and oxygen atoms in total. The van der Waals surface area contributed by atoms with E-state index < -0.39 is 12.0 Å². The fraction of sp³-hybridized carbons (Fsp3) is 0.857.